The quantitative estimate of drug-likeness (QED) is 0.772. The van der Waals surface area contributed by atoms with Crippen LogP contribution in [0.5, 0.6) is 5.75 Å². The van der Waals surface area contributed by atoms with Crippen LogP contribution in [-0.2, 0) is 0 Å². The minimum atomic E-state index is 0.325. The fourth-order valence-electron chi connectivity index (χ4n) is 2.16. The van der Waals surface area contributed by atoms with Crippen molar-refractivity contribution in [2.45, 2.75) is 12.8 Å². The minimum Gasteiger partial charge on any atom is -0.508 e. The van der Waals surface area contributed by atoms with Crippen molar-refractivity contribution in [2.75, 3.05) is 24.5 Å². The Morgan fingerprint density at radius 3 is 2.73 bits per heavy atom. The van der Waals surface area contributed by atoms with Gasteiger partial charge in [-0.25, -0.2) is 0 Å². The Morgan fingerprint density at radius 2 is 2.07 bits per heavy atom. The van der Waals surface area contributed by atoms with E-state index in [-0.39, 0.29) is 0 Å². The largest absolute Gasteiger partial charge is 0.508 e. The van der Waals surface area contributed by atoms with Crippen molar-refractivity contribution < 1.29 is 5.11 Å². The zero-order valence-electron chi connectivity index (χ0n) is 8.89. The van der Waals surface area contributed by atoms with Gasteiger partial charge in [0.15, 0.2) is 0 Å². The van der Waals surface area contributed by atoms with Crippen molar-refractivity contribution in [3.63, 3.8) is 0 Å². The highest BCUT2D eigenvalue weighted by Gasteiger charge is 2.18. The van der Waals surface area contributed by atoms with Gasteiger partial charge in [-0.3, -0.25) is 0 Å². The van der Waals surface area contributed by atoms with Crippen LogP contribution in [0.3, 0.4) is 0 Å². The number of nitrogens with zero attached hydrogens (tertiary/aromatic N) is 1. The molecule has 0 saturated carbocycles. The Bertz CT molecular complexity index is 310. The highest BCUT2D eigenvalue weighted by atomic mass is 16.3. The summed E-state index contributed by atoms with van der Waals surface area (Å²) in [5.41, 5.74) is 6.89. The molecule has 1 aromatic carbocycles. The van der Waals surface area contributed by atoms with Crippen molar-refractivity contribution in [3.05, 3.63) is 24.3 Å². The summed E-state index contributed by atoms with van der Waals surface area (Å²) in [6, 6.07) is 7.41. The van der Waals surface area contributed by atoms with Crippen LogP contribution < -0.4 is 10.6 Å². The van der Waals surface area contributed by atoms with Gasteiger partial charge >= 0.3 is 0 Å². The van der Waals surface area contributed by atoms with Gasteiger partial charge in [0.1, 0.15) is 5.75 Å². The van der Waals surface area contributed by atoms with Crippen LogP contribution in [0.2, 0.25) is 0 Å². The summed E-state index contributed by atoms with van der Waals surface area (Å²) in [4.78, 5) is 2.35. The van der Waals surface area contributed by atoms with Gasteiger partial charge in [-0.2, -0.15) is 0 Å². The molecule has 0 amide bonds. The average molecular weight is 206 g/mol. The lowest BCUT2D eigenvalue weighted by atomic mass is 9.98. The Hall–Kier alpha value is -1.22. The topological polar surface area (TPSA) is 49.5 Å². The number of piperidine rings is 1. The number of nitrogens with two attached hydrogens (primary N) is 1. The van der Waals surface area contributed by atoms with Crippen LogP contribution in [0.15, 0.2) is 24.3 Å². The van der Waals surface area contributed by atoms with Crippen molar-refractivity contribution in [1.82, 2.24) is 0 Å². The number of phenols is 1. The van der Waals surface area contributed by atoms with Crippen molar-refractivity contribution in [1.29, 1.82) is 0 Å². The number of anilines is 1. The summed E-state index contributed by atoms with van der Waals surface area (Å²) in [6.07, 6.45) is 2.45. The highest BCUT2D eigenvalue weighted by molar-refractivity contribution is 5.49. The summed E-state index contributed by atoms with van der Waals surface area (Å²) in [5, 5.41) is 9.21. The van der Waals surface area contributed by atoms with E-state index in [1.54, 1.807) is 12.1 Å². The summed E-state index contributed by atoms with van der Waals surface area (Å²) < 4.78 is 0. The van der Waals surface area contributed by atoms with Gasteiger partial charge in [-0.1, -0.05) is 0 Å². The van der Waals surface area contributed by atoms with Crippen LogP contribution in [0.25, 0.3) is 0 Å². The lowest BCUT2D eigenvalue weighted by Crippen LogP contribution is -2.38. The Kier molecular flexibility index (Phi) is 3.11. The Morgan fingerprint density at radius 1 is 1.33 bits per heavy atom. The molecule has 1 saturated heterocycles. The third-order valence-electron chi connectivity index (χ3n) is 3.07. The molecule has 0 aliphatic carbocycles. The standard InChI is InChI=1S/C12H18N2O/c13-8-10-2-1-7-14(9-10)11-3-5-12(15)6-4-11/h3-6,10,15H,1-2,7-9,13H2. The van der Waals surface area contributed by atoms with E-state index >= 15 is 0 Å². The van der Waals surface area contributed by atoms with Crippen molar-refractivity contribution in [3.8, 4) is 5.75 Å². The first-order chi connectivity index (χ1) is 7.29. The van der Waals surface area contributed by atoms with Gasteiger partial charge in [-0.15, -0.1) is 0 Å². The first-order valence-electron chi connectivity index (χ1n) is 5.53. The Labute approximate surface area is 90.5 Å². The van der Waals surface area contributed by atoms with Gasteiger partial charge in [-0.05, 0) is 49.6 Å². The van der Waals surface area contributed by atoms with Crippen LogP contribution in [0.1, 0.15) is 12.8 Å². The van der Waals surface area contributed by atoms with Crippen molar-refractivity contribution >= 4 is 5.69 Å². The van der Waals surface area contributed by atoms with E-state index < -0.39 is 0 Å². The molecule has 0 aromatic heterocycles. The molecule has 0 radical (unpaired) electrons. The summed E-state index contributed by atoms with van der Waals surface area (Å²) in [5.74, 6) is 0.943. The predicted octanol–water partition coefficient (Wildman–Crippen LogP) is 1.57. The predicted molar refractivity (Wildman–Crippen MR) is 62.1 cm³/mol. The number of benzene rings is 1. The van der Waals surface area contributed by atoms with E-state index in [0.29, 0.717) is 11.7 Å². The fraction of sp³-hybridized carbons (Fsp3) is 0.500. The lowest BCUT2D eigenvalue weighted by Gasteiger charge is -2.33. The molecule has 0 spiro atoms. The minimum absolute atomic E-state index is 0.325. The fourth-order valence-corrected chi connectivity index (χ4v) is 2.16. The number of hydrogen-bond acceptors (Lipinski definition) is 3. The molecular formula is C12H18N2O. The van der Waals surface area contributed by atoms with Gasteiger partial charge in [0.05, 0.1) is 0 Å². The van der Waals surface area contributed by atoms with Gasteiger partial charge in [0.25, 0.3) is 0 Å². The lowest BCUT2D eigenvalue weighted by molar-refractivity contribution is 0.423. The van der Waals surface area contributed by atoms with Gasteiger partial charge in [0.2, 0.25) is 0 Å². The second-order valence-corrected chi connectivity index (χ2v) is 4.21. The van der Waals surface area contributed by atoms with E-state index in [1.165, 1.54) is 18.5 Å². The Balaban J connectivity index is 2.06. The van der Waals surface area contributed by atoms with Crippen molar-refractivity contribution in [2.24, 2.45) is 11.7 Å². The smallest absolute Gasteiger partial charge is 0.115 e. The zero-order chi connectivity index (χ0) is 10.7. The molecule has 1 atom stereocenters. The SMILES string of the molecule is NCC1CCCN(c2ccc(O)cc2)C1. The third kappa shape index (κ3) is 2.42. The molecule has 0 bridgehead atoms. The molecule has 1 aliphatic heterocycles. The first-order valence-corrected chi connectivity index (χ1v) is 5.53. The maximum absolute atomic E-state index is 9.21. The second-order valence-electron chi connectivity index (χ2n) is 4.21. The van der Waals surface area contributed by atoms with E-state index in [2.05, 4.69) is 4.90 Å². The van der Waals surface area contributed by atoms with E-state index in [9.17, 15) is 5.11 Å². The normalized spacial score (nSPS) is 21.7. The average Bonchev–Trinajstić information content (AvgIpc) is 2.30. The molecular weight excluding hydrogens is 188 g/mol. The van der Waals surface area contributed by atoms with Gasteiger partial charge in [0, 0.05) is 18.8 Å². The third-order valence-corrected chi connectivity index (χ3v) is 3.07. The van der Waals surface area contributed by atoms with Crippen LogP contribution in [0.4, 0.5) is 5.69 Å². The summed E-state index contributed by atoms with van der Waals surface area (Å²) in [6.45, 7) is 2.91. The monoisotopic (exact) mass is 206 g/mol. The molecule has 1 unspecified atom stereocenters. The van der Waals surface area contributed by atoms with E-state index in [0.717, 1.165) is 19.6 Å². The molecule has 3 nitrogen and oxygen atoms in total. The molecule has 1 fully saturated rings. The number of aromatic hydroxyl groups is 1. The molecule has 3 N–H and O–H groups in total. The number of rotatable bonds is 2. The molecule has 1 heterocycles. The van der Waals surface area contributed by atoms with Crippen LogP contribution in [0, 0.1) is 5.92 Å². The number of phenolic OH excluding ortho intramolecular Hbond substituents is 1. The molecule has 15 heavy (non-hydrogen) atoms. The molecule has 82 valence electrons. The molecule has 1 aromatic rings. The summed E-state index contributed by atoms with van der Waals surface area (Å²) >= 11 is 0. The van der Waals surface area contributed by atoms with Crippen LogP contribution >= 0.6 is 0 Å². The van der Waals surface area contributed by atoms with Crippen LogP contribution in [-0.4, -0.2) is 24.7 Å². The maximum atomic E-state index is 9.21. The maximum Gasteiger partial charge on any atom is 0.115 e. The molecule has 3 heteroatoms. The first kappa shape index (κ1) is 10.3. The van der Waals surface area contributed by atoms with E-state index in [1.807, 2.05) is 12.1 Å². The second kappa shape index (κ2) is 4.53. The molecule has 2 rings (SSSR count). The number of hydrogen-bond donors (Lipinski definition) is 2. The molecule has 1 aliphatic rings. The van der Waals surface area contributed by atoms with Gasteiger partial charge < -0.3 is 15.7 Å². The summed E-state index contributed by atoms with van der Waals surface area (Å²) in [7, 11) is 0. The zero-order valence-corrected chi connectivity index (χ0v) is 8.89. The highest BCUT2D eigenvalue weighted by Crippen LogP contribution is 2.24. The van der Waals surface area contributed by atoms with E-state index in [4.69, 9.17) is 5.73 Å².